The Morgan fingerprint density at radius 1 is 1.35 bits per heavy atom. The van der Waals surface area contributed by atoms with Crippen molar-refractivity contribution in [3.8, 4) is 0 Å². The van der Waals surface area contributed by atoms with Crippen molar-refractivity contribution >= 4 is 33.2 Å². The molecule has 4 heteroatoms. The van der Waals surface area contributed by atoms with Crippen molar-refractivity contribution in [3.63, 3.8) is 0 Å². The van der Waals surface area contributed by atoms with E-state index in [0.717, 1.165) is 28.3 Å². The number of aromatic nitrogens is 1. The molecule has 0 aliphatic carbocycles. The molecule has 0 bridgehead atoms. The third kappa shape index (κ3) is 3.27. The molecule has 17 heavy (non-hydrogen) atoms. The predicted molar refractivity (Wildman–Crippen MR) is 76.6 cm³/mol. The number of nitrogens with one attached hydrogen (secondary N) is 1. The fourth-order valence-electron chi connectivity index (χ4n) is 1.62. The standard InChI is InChI=1S/C13H14BrClN2/c1-2-17-6-5-10(9-17)8-16-13-7-11(15)3-4-12(13)14/h3-7,9,16H,2,8H2,1H3. The zero-order chi connectivity index (χ0) is 12.3. The van der Waals surface area contributed by atoms with Gasteiger partial charge in [-0.3, -0.25) is 0 Å². The Morgan fingerprint density at radius 3 is 2.88 bits per heavy atom. The molecule has 2 rings (SSSR count). The first-order valence-corrected chi connectivity index (χ1v) is 6.69. The van der Waals surface area contributed by atoms with Gasteiger partial charge in [-0.15, -0.1) is 0 Å². The van der Waals surface area contributed by atoms with Gasteiger partial charge in [-0.05, 0) is 52.7 Å². The molecule has 0 radical (unpaired) electrons. The molecule has 0 spiro atoms. The summed E-state index contributed by atoms with van der Waals surface area (Å²) in [5, 5.41) is 4.10. The van der Waals surface area contributed by atoms with Crippen LogP contribution in [0.2, 0.25) is 5.02 Å². The molecule has 0 aliphatic rings. The first-order chi connectivity index (χ1) is 8.19. The predicted octanol–water partition coefficient (Wildman–Crippen LogP) is 4.54. The molecule has 2 aromatic rings. The van der Waals surface area contributed by atoms with Crippen LogP contribution in [0.5, 0.6) is 0 Å². The molecule has 0 amide bonds. The summed E-state index contributed by atoms with van der Waals surface area (Å²) in [5.41, 5.74) is 2.28. The summed E-state index contributed by atoms with van der Waals surface area (Å²) in [6, 6.07) is 7.85. The molecule has 0 atom stereocenters. The van der Waals surface area contributed by atoms with Crippen molar-refractivity contribution < 1.29 is 0 Å². The fraction of sp³-hybridized carbons (Fsp3) is 0.231. The molecular weight excluding hydrogens is 300 g/mol. The van der Waals surface area contributed by atoms with Gasteiger partial charge in [-0.25, -0.2) is 0 Å². The van der Waals surface area contributed by atoms with Crippen LogP contribution in [0.3, 0.4) is 0 Å². The number of rotatable bonds is 4. The molecule has 1 aromatic heterocycles. The lowest BCUT2D eigenvalue weighted by Gasteiger charge is -2.07. The Labute approximate surface area is 115 Å². The van der Waals surface area contributed by atoms with Gasteiger partial charge in [0.2, 0.25) is 0 Å². The molecule has 0 fully saturated rings. The van der Waals surface area contributed by atoms with Crippen LogP contribution in [-0.4, -0.2) is 4.57 Å². The second-order valence-corrected chi connectivity index (χ2v) is 5.12. The Kier molecular flexibility index (Phi) is 4.13. The van der Waals surface area contributed by atoms with Gasteiger partial charge >= 0.3 is 0 Å². The lowest BCUT2D eigenvalue weighted by atomic mass is 10.3. The molecule has 2 nitrogen and oxygen atoms in total. The van der Waals surface area contributed by atoms with E-state index in [1.807, 2.05) is 18.2 Å². The monoisotopic (exact) mass is 312 g/mol. The summed E-state index contributed by atoms with van der Waals surface area (Å²) in [5.74, 6) is 0. The van der Waals surface area contributed by atoms with E-state index < -0.39 is 0 Å². The van der Waals surface area contributed by atoms with Gasteiger partial charge < -0.3 is 9.88 Å². The highest BCUT2D eigenvalue weighted by atomic mass is 79.9. The molecule has 0 saturated carbocycles. The van der Waals surface area contributed by atoms with E-state index in [1.165, 1.54) is 5.56 Å². The third-order valence-electron chi connectivity index (χ3n) is 2.59. The second kappa shape index (κ2) is 5.61. The van der Waals surface area contributed by atoms with Gasteiger partial charge in [0.15, 0.2) is 0 Å². The number of halogens is 2. The van der Waals surface area contributed by atoms with Crippen molar-refractivity contribution in [2.24, 2.45) is 0 Å². The second-order valence-electron chi connectivity index (χ2n) is 3.83. The lowest BCUT2D eigenvalue weighted by Crippen LogP contribution is -1.99. The molecule has 1 heterocycles. The molecule has 0 saturated heterocycles. The van der Waals surface area contributed by atoms with E-state index in [9.17, 15) is 0 Å². The molecule has 90 valence electrons. The van der Waals surface area contributed by atoms with Crippen molar-refractivity contribution in [2.75, 3.05) is 5.32 Å². The number of hydrogen-bond donors (Lipinski definition) is 1. The maximum Gasteiger partial charge on any atom is 0.0502 e. The van der Waals surface area contributed by atoms with Crippen LogP contribution in [0.25, 0.3) is 0 Å². The quantitative estimate of drug-likeness (QED) is 0.877. The number of aryl methyl sites for hydroxylation is 1. The molecule has 1 N–H and O–H groups in total. The summed E-state index contributed by atoms with van der Waals surface area (Å²) in [7, 11) is 0. The zero-order valence-electron chi connectivity index (χ0n) is 9.58. The highest BCUT2D eigenvalue weighted by Crippen LogP contribution is 2.26. The van der Waals surface area contributed by atoms with Crippen molar-refractivity contribution in [2.45, 2.75) is 20.0 Å². The van der Waals surface area contributed by atoms with Gasteiger partial charge in [0.05, 0.1) is 5.69 Å². The van der Waals surface area contributed by atoms with Crippen molar-refractivity contribution in [1.29, 1.82) is 0 Å². The van der Waals surface area contributed by atoms with Gasteiger partial charge in [0.25, 0.3) is 0 Å². The van der Waals surface area contributed by atoms with Crippen LogP contribution in [0.15, 0.2) is 41.1 Å². The number of anilines is 1. The van der Waals surface area contributed by atoms with Crippen LogP contribution in [0, 0.1) is 0 Å². The fourth-order valence-corrected chi connectivity index (χ4v) is 2.18. The normalized spacial score (nSPS) is 10.5. The highest BCUT2D eigenvalue weighted by molar-refractivity contribution is 9.10. The highest BCUT2D eigenvalue weighted by Gasteiger charge is 2.01. The summed E-state index contributed by atoms with van der Waals surface area (Å²) in [6.07, 6.45) is 4.23. The lowest BCUT2D eigenvalue weighted by molar-refractivity contribution is 0.766. The average Bonchev–Trinajstić information content (AvgIpc) is 2.78. The van der Waals surface area contributed by atoms with Gasteiger partial charge in [-0.2, -0.15) is 0 Å². The minimum Gasteiger partial charge on any atom is -0.380 e. The van der Waals surface area contributed by atoms with E-state index in [2.05, 4.69) is 51.2 Å². The maximum absolute atomic E-state index is 5.96. The van der Waals surface area contributed by atoms with Gasteiger partial charge in [-0.1, -0.05) is 11.6 Å². The van der Waals surface area contributed by atoms with Crippen LogP contribution in [0.1, 0.15) is 12.5 Å². The Morgan fingerprint density at radius 2 is 2.18 bits per heavy atom. The van der Waals surface area contributed by atoms with E-state index in [-0.39, 0.29) is 0 Å². The Balaban J connectivity index is 2.04. The number of hydrogen-bond acceptors (Lipinski definition) is 1. The number of nitrogens with zero attached hydrogens (tertiary/aromatic N) is 1. The van der Waals surface area contributed by atoms with E-state index in [4.69, 9.17) is 11.6 Å². The summed E-state index contributed by atoms with van der Waals surface area (Å²) < 4.78 is 3.18. The van der Waals surface area contributed by atoms with Crippen LogP contribution < -0.4 is 5.32 Å². The first kappa shape index (κ1) is 12.5. The SMILES string of the molecule is CCn1ccc(CNc2cc(Cl)ccc2Br)c1. The Hall–Kier alpha value is -0.930. The van der Waals surface area contributed by atoms with E-state index >= 15 is 0 Å². The summed E-state index contributed by atoms with van der Waals surface area (Å²) >= 11 is 9.46. The van der Waals surface area contributed by atoms with Gasteiger partial charge in [0, 0.05) is 35.0 Å². The minimum atomic E-state index is 0.738. The minimum absolute atomic E-state index is 0.738. The topological polar surface area (TPSA) is 17.0 Å². The maximum atomic E-state index is 5.96. The molecular formula is C13H14BrClN2. The number of benzene rings is 1. The van der Waals surface area contributed by atoms with Crippen LogP contribution in [-0.2, 0) is 13.1 Å². The largest absolute Gasteiger partial charge is 0.380 e. The van der Waals surface area contributed by atoms with E-state index in [0.29, 0.717) is 0 Å². The van der Waals surface area contributed by atoms with Crippen LogP contribution in [0.4, 0.5) is 5.69 Å². The van der Waals surface area contributed by atoms with Crippen molar-refractivity contribution in [3.05, 3.63) is 51.7 Å². The average molecular weight is 314 g/mol. The smallest absolute Gasteiger partial charge is 0.0502 e. The van der Waals surface area contributed by atoms with Gasteiger partial charge in [0.1, 0.15) is 0 Å². The van der Waals surface area contributed by atoms with Crippen LogP contribution >= 0.6 is 27.5 Å². The summed E-state index contributed by atoms with van der Waals surface area (Å²) in [6.45, 7) is 3.93. The van der Waals surface area contributed by atoms with Crippen molar-refractivity contribution in [1.82, 2.24) is 4.57 Å². The molecule has 0 unspecified atom stereocenters. The molecule has 0 aliphatic heterocycles. The Bertz CT molecular complexity index is 508. The van der Waals surface area contributed by atoms with E-state index in [1.54, 1.807) is 0 Å². The summed E-state index contributed by atoms with van der Waals surface area (Å²) in [4.78, 5) is 0. The molecule has 1 aromatic carbocycles. The zero-order valence-corrected chi connectivity index (χ0v) is 11.9. The first-order valence-electron chi connectivity index (χ1n) is 5.52. The third-order valence-corrected chi connectivity index (χ3v) is 3.51.